The fourth-order valence-electron chi connectivity index (χ4n) is 3.26. The van der Waals surface area contributed by atoms with E-state index in [-0.39, 0.29) is 11.8 Å². The molecule has 0 saturated carbocycles. The predicted octanol–water partition coefficient (Wildman–Crippen LogP) is 6.03. The highest BCUT2D eigenvalue weighted by atomic mass is 35.5. The number of thioether (sulfide) groups is 1. The largest absolute Gasteiger partial charge is 0.272 e. The lowest BCUT2D eigenvalue weighted by Crippen LogP contribution is -2.32. The molecule has 0 atom stereocenters. The minimum Gasteiger partial charge on any atom is -0.268 e. The molecule has 0 N–H and O–H groups in total. The number of nitrogens with zero attached hydrogens (tertiary/aromatic N) is 1. The van der Waals surface area contributed by atoms with Gasteiger partial charge in [-0.05, 0) is 60.9 Å². The van der Waals surface area contributed by atoms with Crippen molar-refractivity contribution < 1.29 is 9.59 Å². The lowest BCUT2D eigenvalue weighted by atomic mass is 10.1. The van der Waals surface area contributed by atoms with Crippen LogP contribution in [0.4, 0.5) is 5.69 Å². The van der Waals surface area contributed by atoms with Crippen molar-refractivity contribution in [2.45, 2.75) is 18.7 Å². The van der Waals surface area contributed by atoms with Crippen LogP contribution in [-0.4, -0.2) is 11.8 Å². The highest BCUT2D eigenvalue weighted by molar-refractivity contribution is 8.04. The van der Waals surface area contributed by atoms with Crippen molar-refractivity contribution in [3.8, 4) is 0 Å². The molecule has 144 valence electrons. The molecule has 3 aromatic rings. The summed E-state index contributed by atoms with van der Waals surface area (Å²) in [6, 6.07) is 22.4. The van der Waals surface area contributed by atoms with E-state index in [9.17, 15) is 9.59 Å². The summed E-state index contributed by atoms with van der Waals surface area (Å²) in [6.07, 6.45) is 0. The van der Waals surface area contributed by atoms with Gasteiger partial charge in [-0.2, -0.15) is 0 Å². The third-order valence-corrected chi connectivity index (χ3v) is 6.09. The standard InChI is InChI=1S/C24H18ClNO2S/c1-15-8-9-16(2)20(14-15)26-23(27)21(17-10-12-18(25)13-11-17)22(24(26)28)29-19-6-4-3-5-7-19/h3-14H,1-2H3. The topological polar surface area (TPSA) is 37.4 Å². The van der Waals surface area contributed by atoms with E-state index in [0.29, 0.717) is 26.8 Å². The Hall–Kier alpha value is -2.82. The SMILES string of the molecule is Cc1ccc(C)c(N2C(=O)C(Sc3ccccc3)=C(c3ccc(Cl)cc3)C2=O)c1. The number of anilines is 1. The van der Waals surface area contributed by atoms with Crippen LogP contribution < -0.4 is 4.90 Å². The van der Waals surface area contributed by atoms with Crippen molar-refractivity contribution in [1.82, 2.24) is 0 Å². The molecular weight excluding hydrogens is 402 g/mol. The third kappa shape index (κ3) is 3.74. The maximum atomic E-state index is 13.5. The van der Waals surface area contributed by atoms with Gasteiger partial charge in [0.25, 0.3) is 11.8 Å². The first-order valence-corrected chi connectivity index (χ1v) is 10.3. The Bertz CT molecular complexity index is 1140. The molecule has 1 aliphatic rings. The quantitative estimate of drug-likeness (QED) is 0.484. The summed E-state index contributed by atoms with van der Waals surface area (Å²) >= 11 is 7.34. The molecule has 3 nitrogen and oxygen atoms in total. The number of aryl methyl sites for hydroxylation is 2. The van der Waals surface area contributed by atoms with Crippen LogP contribution >= 0.6 is 23.4 Å². The van der Waals surface area contributed by atoms with Crippen LogP contribution in [-0.2, 0) is 9.59 Å². The van der Waals surface area contributed by atoms with Crippen LogP contribution in [0.2, 0.25) is 5.02 Å². The van der Waals surface area contributed by atoms with Gasteiger partial charge in [-0.3, -0.25) is 9.59 Å². The van der Waals surface area contributed by atoms with Crippen LogP contribution in [0.5, 0.6) is 0 Å². The highest BCUT2D eigenvalue weighted by Gasteiger charge is 2.41. The molecule has 0 radical (unpaired) electrons. The Labute approximate surface area is 179 Å². The fourth-order valence-corrected chi connectivity index (χ4v) is 4.40. The highest BCUT2D eigenvalue weighted by Crippen LogP contribution is 2.42. The van der Waals surface area contributed by atoms with Crippen molar-refractivity contribution in [3.63, 3.8) is 0 Å². The predicted molar refractivity (Wildman–Crippen MR) is 119 cm³/mol. The summed E-state index contributed by atoms with van der Waals surface area (Å²) in [5, 5.41) is 0.578. The van der Waals surface area contributed by atoms with Crippen molar-refractivity contribution in [3.05, 3.63) is 99.4 Å². The van der Waals surface area contributed by atoms with E-state index in [1.807, 2.05) is 62.4 Å². The first kappa shape index (κ1) is 19.5. The Morgan fingerprint density at radius 1 is 0.828 bits per heavy atom. The van der Waals surface area contributed by atoms with Crippen molar-refractivity contribution in [1.29, 1.82) is 0 Å². The number of carbonyl (C=O) groups excluding carboxylic acids is 2. The average molecular weight is 420 g/mol. The second-order valence-corrected chi connectivity index (χ2v) is 8.38. The van der Waals surface area contributed by atoms with Gasteiger partial charge in [-0.15, -0.1) is 0 Å². The summed E-state index contributed by atoms with van der Waals surface area (Å²) in [5.41, 5.74) is 3.57. The summed E-state index contributed by atoms with van der Waals surface area (Å²) in [6.45, 7) is 3.85. The van der Waals surface area contributed by atoms with Gasteiger partial charge in [0.15, 0.2) is 0 Å². The second kappa shape index (κ2) is 7.90. The number of amides is 2. The minimum atomic E-state index is -0.315. The molecule has 29 heavy (non-hydrogen) atoms. The zero-order chi connectivity index (χ0) is 20.5. The Morgan fingerprint density at radius 2 is 1.52 bits per heavy atom. The van der Waals surface area contributed by atoms with Gasteiger partial charge in [0.1, 0.15) is 0 Å². The summed E-state index contributed by atoms with van der Waals surface area (Å²) in [4.78, 5) is 29.5. The molecule has 2 amide bonds. The molecule has 5 heteroatoms. The van der Waals surface area contributed by atoms with E-state index < -0.39 is 0 Å². The van der Waals surface area contributed by atoms with Crippen LogP contribution in [0.15, 0.2) is 82.6 Å². The summed E-state index contributed by atoms with van der Waals surface area (Å²) in [5.74, 6) is -0.619. The second-order valence-electron chi connectivity index (χ2n) is 6.86. The molecule has 0 fully saturated rings. The Morgan fingerprint density at radius 3 is 2.21 bits per heavy atom. The molecule has 0 bridgehead atoms. The zero-order valence-electron chi connectivity index (χ0n) is 16.0. The monoisotopic (exact) mass is 419 g/mol. The van der Waals surface area contributed by atoms with Crippen LogP contribution in [0, 0.1) is 13.8 Å². The van der Waals surface area contributed by atoms with Gasteiger partial charge in [0, 0.05) is 9.92 Å². The molecule has 4 rings (SSSR count). The third-order valence-electron chi connectivity index (χ3n) is 4.74. The van der Waals surface area contributed by atoms with Gasteiger partial charge in [-0.25, -0.2) is 4.90 Å². The summed E-state index contributed by atoms with van der Waals surface area (Å²) < 4.78 is 0. The molecule has 0 aromatic heterocycles. The lowest BCUT2D eigenvalue weighted by Gasteiger charge is -2.18. The van der Waals surface area contributed by atoms with E-state index in [4.69, 9.17) is 11.6 Å². The maximum Gasteiger partial charge on any atom is 0.272 e. The van der Waals surface area contributed by atoms with E-state index in [1.165, 1.54) is 16.7 Å². The number of benzene rings is 3. The van der Waals surface area contributed by atoms with E-state index >= 15 is 0 Å². The lowest BCUT2D eigenvalue weighted by molar-refractivity contribution is -0.119. The van der Waals surface area contributed by atoms with Crippen molar-refractivity contribution >= 4 is 46.4 Å². The first-order chi connectivity index (χ1) is 14.0. The molecule has 0 spiro atoms. The minimum absolute atomic E-state index is 0.303. The van der Waals surface area contributed by atoms with E-state index in [2.05, 4.69) is 0 Å². The fraction of sp³-hybridized carbons (Fsp3) is 0.0833. The van der Waals surface area contributed by atoms with E-state index in [0.717, 1.165) is 16.0 Å². The molecule has 0 unspecified atom stereocenters. The zero-order valence-corrected chi connectivity index (χ0v) is 17.6. The molecule has 1 heterocycles. The van der Waals surface area contributed by atoms with E-state index in [1.54, 1.807) is 24.3 Å². The maximum absolute atomic E-state index is 13.5. The number of hydrogen-bond donors (Lipinski definition) is 0. The number of rotatable bonds is 4. The van der Waals surface area contributed by atoms with Gasteiger partial charge in [0.2, 0.25) is 0 Å². The van der Waals surface area contributed by atoms with Gasteiger partial charge in [0.05, 0.1) is 16.2 Å². The first-order valence-electron chi connectivity index (χ1n) is 9.15. The summed E-state index contributed by atoms with van der Waals surface area (Å²) in [7, 11) is 0. The van der Waals surface area contributed by atoms with Crippen molar-refractivity contribution in [2.24, 2.45) is 0 Å². The Kier molecular flexibility index (Phi) is 5.31. The van der Waals surface area contributed by atoms with Gasteiger partial charge in [-0.1, -0.05) is 65.8 Å². The van der Waals surface area contributed by atoms with Crippen LogP contribution in [0.3, 0.4) is 0 Å². The number of halogens is 1. The molecular formula is C24H18ClNO2S. The normalized spacial score (nSPS) is 14.1. The average Bonchev–Trinajstić information content (AvgIpc) is 2.95. The number of imide groups is 1. The molecule has 0 saturated heterocycles. The Balaban J connectivity index is 1.85. The van der Waals surface area contributed by atoms with Crippen LogP contribution in [0.1, 0.15) is 16.7 Å². The number of carbonyl (C=O) groups is 2. The van der Waals surface area contributed by atoms with Gasteiger partial charge >= 0.3 is 0 Å². The molecule has 0 aliphatic carbocycles. The van der Waals surface area contributed by atoms with Gasteiger partial charge < -0.3 is 0 Å². The van der Waals surface area contributed by atoms with Crippen LogP contribution in [0.25, 0.3) is 5.57 Å². The number of hydrogen-bond acceptors (Lipinski definition) is 3. The molecule has 3 aromatic carbocycles. The molecule has 1 aliphatic heterocycles. The smallest absolute Gasteiger partial charge is 0.268 e. The van der Waals surface area contributed by atoms with Crippen molar-refractivity contribution in [2.75, 3.05) is 4.90 Å².